The molecule has 0 aliphatic rings. The molecular weight excluding hydrogens is 236 g/mol. The van der Waals surface area contributed by atoms with E-state index in [1.54, 1.807) is 0 Å². The number of aryl methyl sites for hydroxylation is 2. The Morgan fingerprint density at radius 3 is 2.68 bits per heavy atom. The highest BCUT2D eigenvalue weighted by molar-refractivity contribution is 5.27. The summed E-state index contributed by atoms with van der Waals surface area (Å²) < 4.78 is 2.06. The van der Waals surface area contributed by atoms with Crippen LogP contribution in [0.3, 0.4) is 0 Å². The van der Waals surface area contributed by atoms with Crippen LogP contribution in [0, 0.1) is 13.8 Å². The molecule has 2 rings (SSSR count). The summed E-state index contributed by atoms with van der Waals surface area (Å²) >= 11 is 0. The van der Waals surface area contributed by atoms with E-state index in [4.69, 9.17) is 0 Å². The first-order valence-electron chi connectivity index (χ1n) is 6.80. The van der Waals surface area contributed by atoms with Gasteiger partial charge in [0.1, 0.15) is 0 Å². The summed E-state index contributed by atoms with van der Waals surface area (Å²) in [5.41, 5.74) is 4.73. The molecule has 0 fully saturated rings. The third-order valence-electron chi connectivity index (χ3n) is 3.49. The van der Waals surface area contributed by atoms with E-state index in [2.05, 4.69) is 47.8 Å². The molecule has 0 radical (unpaired) electrons. The molecule has 19 heavy (non-hydrogen) atoms. The van der Waals surface area contributed by atoms with Crippen LogP contribution in [0.15, 0.2) is 24.4 Å². The predicted molar refractivity (Wildman–Crippen MR) is 76.9 cm³/mol. The molecule has 0 aromatic carbocycles. The standard InChI is InChI=1S/C15H22N4/c1-5-19-13(4)15(12(3)18-19)11(2)17-10-14-8-6-7-9-16-14/h6-9,11,17H,5,10H2,1-4H3. The van der Waals surface area contributed by atoms with E-state index in [-0.39, 0.29) is 6.04 Å². The summed E-state index contributed by atoms with van der Waals surface area (Å²) in [5, 5.41) is 8.08. The molecule has 1 atom stereocenters. The van der Waals surface area contributed by atoms with Gasteiger partial charge in [-0.3, -0.25) is 9.67 Å². The van der Waals surface area contributed by atoms with Crippen molar-refractivity contribution in [1.82, 2.24) is 20.1 Å². The molecule has 2 heterocycles. The number of pyridine rings is 1. The molecular formula is C15H22N4. The fourth-order valence-electron chi connectivity index (χ4n) is 2.51. The Hall–Kier alpha value is -1.68. The second kappa shape index (κ2) is 5.97. The van der Waals surface area contributed by atoms with Gasteiger partial charge in [-0.25, -0.2) is 0 Å². The molecule has 0 amide bonds. The Kier molecular flexibility index (Phi) is 4.32. The molecule has 4 heteroatoms. The first-order chi connectivity index (χ1) is 9.13. The molecule has 2 aromatic heterocycles. The van der Waals surface area contributed by atoms with Gasteiger partial charge >= 0.3 is 0 Å². The zero-order chi connectivity index (χ0) is 13.8. The van der Waals surface area contributed by atoms with Gasteiger partial charge in [-0.1, -0.05) is 6.07 Å². The van der Waals surface area contributed by atoms with Crippen LogP contribution >= 0.6 is 0 Å². The number of hydrogen-bond donors (Lipinski definition) is 1. The second-order valence-electron chi connectivity index (χ2n) is 4.82. The Morgan fingerprint density at radius 1 is 1.32 bits per heavy atom. The third-order valence-corrected chi connectivity index (χ3v) is 3.49. The van der Waals surface area contributed by atoms with Crippen molar-refractivity contribution >= 4 is 0 Å². The topological polar surface area (TPSA) is 42.7 Å². The molecule has 4 nitrogen and oxygen atoms in total. The van der Waals surface area contributed by atoms with Gasteiger partial charge in [0.2, 0.25) is 0 Å². The molecule has 0 bridgehead atoms. The lowest BCUT2D eigenvalue weighted by Crippen LogP contribution is -2.20. The van der Waals surface area contributed by atoms with E-state index < -0.39 is 0 Å². The monoisotopic (exact) mass is 258 g/mol. The minimum Gasteiger partial charge on any atom is -0.304 e. The van der Waals surface area contributed by atoms with Crippen molar-refractivity contribution in [2.45, 2.75) is 46.8 Å². The van der Waals surface area contributed by atoms with Gasteiger partial charge in [-0.15, -0.1) is 0 Å². The maximum Gasteiger partial charge on any atom is 0.0644 e. The van der Waals surface area contributed by atoms with E-state index in [1.165, 1.54) is 11.3 Å². The molecule has 0 aliphatic heterocycles. The predicted octanol–water partition coefficient (Wildman–Crippen LogP) is 2.77. The van der Waals surface area contributed by atoms with Crippen LogP contribution in [0.25, 0.3) is 0 Å². The molecule has 102 valence electrons. The largest absolute Gasteiger partial charge is 0.304 e. The normalized spacial score (nSPS) is 12.6. The maximum atomic E-state index is 4.57. The summed E-state index contributed by atoms with van der Waals surface area (Å²) in [6.07, 6.45) is 1.83. The Morgan fingerprint density at radius 2 is 2.11 bits per heavy atom. The van der Waals surface area contributed by atoms with Crippen molar-refractivity contribution in [2.24, 2.45) is 0 Å². The molecule has 0 aliphatic carbocycles. The third kappa shape index (κ3) is 3.01. The zero-order valence-corrected chi connectivity index (χ0v) is 12.1. The van der Waals surface area contributed by atoms with Crippen LogP contribution in [0.4, 0.5) is 0 Å². The molecule has 1 unspecified atom stereocenters. The fraction of sp³-hybridized carbons (Fsp3) is 0.467. The quantitative estimate of drug-likeness (QED) is 0.896. The average Bonchev–Trinajstić information content (AvgIpc) is 2.72. The van der Waals surface area contributed by atoms with Crippen molar-refractivity contribution in [3.63, 3.8) is 0 Å². The van der Waals surface area contributed by atoms with Crippen LogP contribution in [-0.4, -0.2) is 14.8 Å². The van der Waals surface area contributed by atoms with Crippen molar-refractivity contribution in [2.75, 3.05) is 0 Å². The van der Waals surface area contributed by atoms with Crippen LogP contribution < -0.4 is 5.32 Å². The Bertz CT molecular complexity index is 531. The first kappa shape index (κ1) is 13.7. The molecule has 0 spiro atoms. The summed E-state index contributed by atoms with van der Waals surface area (Å²) in [5.74, 6) is 0. The number of rotatable bonds is 5. The highest BCUT2D eigenvalue weighted by atomic mass is 15.3. The van der Waals surface area contributed by atoms with E-state index in [9.17, 15) is 0 Å². The van der Waals surface area contributed by atoms with Crippen molar-refractivity contribution < 1.29 is 0 Å². The van der Waals surface area contributed by atoms with Gasteiger partial charge in [0.15, 0.2) is 0 Å². The van der Waals surface area contributed by atoms with Gasteiger partial charge in [0.25, 0.3) is 0 Å². The first-order valence-corrected chi connectivity index (χ1v) is 6.80. The summed E-state index contributed by atoms with van der Waals surface area (Å²) in [4.78, 5) is 4.33. The van der Waals surface area contributed by atoms with Crippen molar-refractivity contribution in [1.29, 1.82) is 0 Å². The van der Waals surface area contributed by atoms with Crippen molar-refractivity contribution in [3.05, 3.63) is 47.0 Å². The number of nitrogens with zero attached hydrogens (tertiary/aromatic N) is 3. The summed E-state index contributed by atoms with van der Waals surface area (Å²) in [6.45, 7) is 10.2. The van der Waals surface area contributed by atoms with Crippen LogP contribution in [0.1, 0.15) is 42.5 Å². The SMILES string of the molecule is CCn1nc(C)c(C(C)NCc2ccccn2)c1C. The van der Waals surface area contributed by atoms with E-state index in [0.717, 1.165) is 24.5 Å². The Labute approximate surface area is 114 Å². The van der Waals surface area contributed by atoms with Crippen LogP contribution in [0.2, 0.25) is 0 Å². The Balaban J connectivity index is 2.08. The lowest BCUT2D eigenvalue weighted by Gasteiger charge is -2.14. The van der Waals surface area contributed by atoms with E-state index >= 15 is 0 Å². The lowest BCUT2D eigenvalue weighted by molar-refractivity contribution is 0.560. The minimum absolute atomic E-state index is 0.280. The molecule has 2 aromatic rings. The maximum absolute atomic E-state index is 4.57. The molecule has 1 N–H and O–H groups in total. The lowest BCUT2D eigenvalue weighted by atomic mass is 10.1. The van der Waals surface area contributed by atoms with E-state index in [1.807, 2.05) is 24.4 Å². The van der Waals surface area contributed by atoms with Crippen LogP contribution in [0.5, 0.6) is 0 Å². The molecule has 0 saturated carbocycles. The van der Waals surface area contributed by atoms with Gasteiger partial charge in [-0.05, 0) is 39.8 Å². The highest BCUT2D eigenvalue weighted by Gasteiger charge is 2.16. The van der Waals surface area contributed by atoms with Gasteiger partial charge in [0, 0.05) is 36.6 Å². The number of nitrogens with one attached hydrogen (secondary N) is 1. The highest BCUT2D eigenvalue weighted by Crippen LogP contribution is 2.21. The number of hydrogen-bond acceptors (Lipinski definition) is 3. The molecule has 0 saturated heterocycles. The summed E-state index contributed by atoms with van der Waals surface area (Å²) in [6, 6.07) is 6.27. The second-order valence-corrected chi connectivity index (χ2v) is 4.82. The van der Waals surface area contributed by atoms with E-state index in [0.29, 0.717) is 0 Å². The zero-order valence-electron chi connectivity index (χ0n) is 12.1. The summed E-state index contributed by atoms with van der Waals surface area (Å²) in [7, 11) is 0. The smallest absolute Gasteiger partial charge is 0.0644 e. The van der Waals surface area contributed by atoms with Gasteiger partial charge < -0.3 is 5.32 Å². The average molecular weight is 258 g/mol. The van der Waals surface area contributed by atoms with Crippen LogP contribution in [-0.2, 0) is 13.1 Å². The van der Waals surface area contributed by atoms with Crippen molar-refractivity contribution in [3.8, 4) is 0 Å². The van der Waals surface area contributed by atoms with Gasteiger partial charge in [-0.2, -0.15) is 5.10 Å². The minimum atomic E-state index is 0.280. The van der Waals surface area contributed by atoms with Gasteiger partial charge in [0.05, 0.1) is 11.4 Å². The fourth-order valence-corrected chi connectivity index (χ4v) is 2.51. The number of aromatic nitrogens is 3.